The summed E-state index contributed by atoms with van der Waals surface area (Å²) in [7, 11) is 0. The molecule has 1 fully saturated rings. The number of aromatic nitrogens is 4. The fourth-order valence-electron chi connectivity index (χ4n) is 3.03. The molecule has 0 spiro atoms. The average Bonchev–Trinajstić information content (AvgIpc) is 3.35. The number of halogens is 4. The number of aryl methyl sites for hydroxylation is 1. The number of fused-ring (bicyclic) bond motifs is 1. The zero-order chi connectivity index (χ0) is 20.1. The van der Waals surface area contributed by atoms with E-state index in [1.807, 2.05) is 0 Å². The quantitative estimate of drug-likeness (QED) is 0.665. The van der Waals surface area contributed by atoms with Gasteiger partial charge in [-0.25, -0.2) is 14.5 Å². The molecular weight excluding hydrogens is 395 g/mol. The lowest BCUT2D eigenvalue weighted by Crippen LogP contribution is -2.47. The van der Waals surface area contributed by atoms with E-state index < -0.39 is 24.0 Å². The van der Waals surface area contributed by atoms with Gasteiger partial charge in [0.15, 0.2) is 11.3 Å². The van der Waals surface area contributed by atoms with Crippen LogP contribution in [0.1, 0.15) is 29.0 Å². The molecule has 1 aliphatic carbocycles. The van der Waals surface area contributed by atoms with E-state index in [4.69, 9.17) is 11.6 Å². The molecule has 1 atom stereocenters. The number of nitrogens with zero attached hydrogens (tertiary/aromatic N) is 4. The lowest BCUT2D eigenvalue weighted by atomic mass is 10.1. The van der Waals surface area contributed by atoms with E-state index in [1.165, 1.54) is 10.6 Å². The summed E-state index contributed by atoms with van der Waals surface area (Å²) in [6.45, 7) is 1.75. The first-order valence-electron chi connectivity index (χ1n) is 8.60. The third-order valence-corrected chi connectivity index (χ3v) is 4.76. The van der Waals surface area contributed by atoms with Crippen LogP contribution in [0, 0.1) is 12.8 Å². The van der Waals surface area contributed by atoms with Gasteiger partial charge in [-0.2, -0.15) is 18.3 Å². The van der Waals surface area contributed by atoms with Crippen LogP contribution in [0.15, 0.2) is 30.3 Å². The molecule has 0 bridgehead atoms. The predicted octanol–water partition coefficient (Wildman–Crippen LogP) is 3.82. The van der Waals surface area contributed by atoms with Gasteiger partial charge < -0.3 is 5.32 Å². The maximum atomic E-state index is 13.2. The fraction of sp³-hybridized carbons (Fsp3) is 0.333. The molecule has 1 aliphatic rings. The number of amides is 1. The van der Waals surface area contributed by atoms with Crippen LogP contribution in [0.2, 0.25) is 5.15 Å². The second-order valence-corrected chi connectivity index (χ2v) is 7.15. The summed E-state index contributed by atoms with van der Waals surface area (Å²) in [5, 5.41) is 6.49. The lowest BCUT2D eigenvalue weighted by molar-refractivity contribution is -0.158. The van der Waals surface area contributed by atoms with Gasteiger partial charge in [0, 0.05) is 11.8 Å². The van der Waals surface area contributed by atoms with Crippen molar-refractivity contribution < 1.29 is 18.0 Å². The van der Waals surface area contributed by atoms with Crippen LogP contribution in [0.25, 0.3) is 17.0 Å². The molecule has 146 valence electrons. The van der Waals surface area contributed by atoms with Crippen LogP contribution in [0.5, 0.6) is 0 Å². The molecule has 1 N–H and O–H groups in total. The first kappa shape index (κ1) is 18.7. The zero-order valence-electron chi connectivity index (χ0n) is 14.7. The predicted molar refractivity (Wildman–Crippen MR) is 96.0 cm³/mol. The van der Waals surface area contributed by atoms with Crippen molar-refractivity contribution >= 4 is 23.2 Å². The van der Waals surface area contributed by atoms with Gasteiger partial charge in [0.2, 0.25) is 0 Å². The maximum Gasteiger partial charge on any atom is 0.408 e. The molecule has 0 aromatic carbocycles. The van der Waals surface area contributed by atoms with Gasteiger partial charge in [-0.15, -0.1) is 0 Å². The number of rotatable bonds is 4. The SMILES string of the molecule is Cc1cc(-c2cccc(Cl)n2)nc2cc(C(=O)NC(C3CC3)C(F)(F)F)nn12. The van der Waals surface area contributed by atoms with Crippen molar-refractivity contribution in [3.05, 3.63) is 46.9 Å². The number of carbonyl (C=O) groups is 1. The third kappa shape index (κ3) is 3.66. The normalized spacial score (nSPS) is 15.6. The van der Waals surface area contributed by atoms with E-state index in [9.17, 15) is 18.0 Å². The Balaban J connectivity index is 1.66. The fourth-order valence-corrected chi connectivity index (χ4v) is 3.19. The molecule has 10 heteroatoms. The van der Waals surface area contributed by atoms with Gasteiger partial charge in [0.25, 0.3) is 5.91 Å². The van der Waals surface area contributed by atoms with Gasteiger partial charge in [-0.1, -0.05) is 17.7 Å². The molecule has 1 amide bonds. The van der Waals surface area contributed by atoms with Crippen LogP contribution < -0.4 is 5.32 Å². The average molecular weight is 410 g/mol. The monoisotopic (exact) mass is 409 g/mol. The third-order valence-electron chi connectivity index (χ3n) is 4.55. The van der Waals surface area contributed by atoms with E-state index in [2.05, 4.69) is 20.4 Å². The van der Waals surface area contributed by atoms with Crippen molar-refractivity contribution in [3.8, 4) is 11.4 Å². The highest BCUT2D eigenvalue weighted by atomic mass is 35.5. The minimum atomic E-state index is -4.49. The topological polar surface area (TPSA) is 72.2 Å². The van der Waals surface area contributed by atoms with Gasteiger partial charge in [-0.3, -0.25) is 4.79 Å². The van der Waals surface area contributed by atoms with Crippen molar-refractivity contribution in [2.75, 3.05) is 0 Å². The number of hydrogen-bond acceptors (Lipinski definition) is 4. The molecule has 28 heavy (non-hydrogen) atoms. The van der Waals surface area contributed by atoms with Crippen molar-refractivity contribution in [2.24, 2.45) is 5.92 Å². The summed E-state index contributed by atoms with van der Waals surface area (Å²) in [5.74, 6) is -1.44. The number of hydrogen-bond donors (Lipinski definition) is 1. The number of carbonyl (C=O) groups excluding carboxylic acids is 1. The Kier molecular flexibility index (Phi) is 4.49. The molecule has 4 rings (SSSR count). The summed E-state index contributed by atoms with van der Waals surface area (Å²) in [4.78, 5) is 21.0. The summed E-state index contributed by atoms with van der Waals surface area (Å²) in [6, 6.07) is 6.31. The van der Waals surface area contributed by atoms with Crippen molar-refractivity contribution in [3.63, 3.8) is 0 Å². The Bertz CT molecular complexity index is 1060. The van der Waals surface area contributed by atoms with Gasteiger partial charge in [0.05, 0.1) is 11.4 Å². The van der Waals surface area contributed by atoms with E-state index in [0.29, 0.717) is 40.7 Å². The van der Waals surface area contributed by atoms with E-state index in [-0.39, 0.29) is 5.69 Å². The number of alkyl halides is 3. The second kappa shape index (κ2) is 6.73. The summed E-state index contributed by atoms with van der Waals surface area (Å²) in [5.41, 5.74) is 1.91. The van der Waals surface area contributed by atoms with Gasteiger partial charge >= 0.3 is 6.18 Å². The highest BCUT2D eigenvalue weighted by molar-refractivity contribution is 6.29. The lowest BCUT2D eigenvalue weighted by Gasteiger charge is -2.20. The molecule has 0 radical (unpaired) electrons. The van der Waals surface area contributed by atoms with Gasteiger partial charge in [0.1, 0.15) is 11.2 Å². The maximum absolute atomic E-state index is 13.2. The van der Waals surface area contributed by atoms with Crippen molar-refractivity contribution in [2.45, 2.75) is 32.0 Å². The Morgan fingerprint density at radius 1 is 1.25 bits per heavy atom. The van der Waals surface area contributed by atoms with Crippen LogP contribution in [-0.4, -0.2) is 37.7 Å². The highest BCUT2D eigenvalue weighted by Crippen LogP contribution is 2.40. The van der Waals surface area contributed by atoms with Crippen LogP contribution >= 0.6 is 11.6 Å². The highest BCUT2D eigenvalue weighted by Gasteiger charge is 2.49. The van der Waals surface area contributed by atoms with Gasteiger partial charge in [-0.05, 0) is 43.9 Å². The molecule has 1 saturated carbocycles. The van der Waals surface area contributed by atoms with Crippen molar-refractivity contribution in [1.82, 2.24) is 24.9 Å². The number of pyridine rings is 1. The smallest absolute Gasteiger partial charge is 0.339 e. The summed E-state index contributed by atoms with van der Waals surface area (Å²) >= 11 is 5.91. The minimum absolute atomic E-state index is 0.123. The number of nitrogens with one attached hydrogen (secondary N) is 1. The molecule has 3 aromatic heterocycles. The summed E-state index contributed by atoms with van der Waals surface area (Å²) in [6.07, 6.45) is -3.59. The molecular formula is C18H15ClF3N5O. The van der Waals surface area contributed by atoms with Crippen LogP contribution in [-0.2, 0) is 0 Å². The molecule has 3 heterocycles. The first-order valence-corrected chi connectivity index (χ1v) is 8.98. The Morgan fingerprint density at radius 2 is 2.00 bits per heavy atom. The Morgan fingerprint density at radius 3 is 2.64 bits per heavy atom. The standard InChI is InChI=1S/C18H15ClF3N5O/c1-9-7-12(11-3-2-4-14(19)23-11)24-15-8-13(26-27(9)15)17(28)25-16(10-5-6-10)18(20,21)22/h2-4,7-8,10,16H,5-6H2,1H3,(H,25,28). The molecule has 6 nitrogen and oxygen atoms in total. The Labute approximate surface area is 162 Å². The van der Waals surface area contributed by atoms with E-state index in [0.717, 1.165) is 0 Å². The largest absolute Gasteiger partial charge is 0.408 e. The second-order valence-electron chi connectivity index (χ2n) is 6.76. The Hall–Kier alpha value is -2.68. The van der Waals surface area contributed by atoms with Crippen molar-refractivity contribution in [1.29, 1.82) is 0 Å². The summed E-state index contributed by atoms with van der Waals surface area (Å²) < 4.78 is 40.9. The van der Waals surface area contributed by atoms with Crippen LogP contribution in [0.4, 0.5) is 13.2 Å². The minimum Gasteiger partial charge on any atom is -0.339 e. The molecule has 0 saturated heterocycles. The first-order chi connectivity index (χ1) is 13.2. The van der Waals surface area contributed by atoms with E-state index in [1.54, 1.807) is 31.2 Å². The van der Waals surface area contributed by atoms with Crippen LogP contribution in [0.3, 0.4) is 0 Å². The zero-order valence-corrected chi connectivity index (χ0v) is 15.4. The molecule has 1 unspecified atom stereocenters. The molecule has 3 aromatic rings. The molecule has 0 aliphatic heterocycles. The van der Waals surface area contributed by atoms with E-state index >= 15 is 0 Å².